The van der Waals surface area contributed by atoms with Crippen LogP contribution in [0.2, 0.25) is 0 Å². The average molecular weight is 447 g/mol. The molecule has 0 bridgehead atoms. The third kappa shape index (κ3) is 4.49. The Kier molecular flexibility index (Phi) is 6.22. The molecule has 0 saturated heterocycles. The van der Waals surface area contributed by atoms with Crippen molar-refractivity contribution in [3.05, 3.63) is 100 Å². The molecule has 0 amide bonds. The summed E-state index contributed by atoms with van der Waals surface area (Å²) in [5.41, 5.74) is 1.77. The lowest BCUT2D eigenvalue weighted by atomic mass is 10.0. The highest BCUT2D eigenvalue weighted by Gasteiger charge is 2.27. The number of methoxy groups -OCH3 is 1. The SMILES string of the molecule is COc1ccc(C(=O)[C@H](Sc2nnnn2-c2ccccc2)c2ccc([N+](=O)[O-])cc2)cc1. The van der Waals surface area contributed by atoms with Crippen LogP contribution in [-0.4, -0.2) is 38.0 Å². The predicted molar refractivity (Wildman–Crippen MR) is 118 cm³/mol. The Labute approximate surface area is 187 Å². The van der Waals surface area contributed by atoms with E-state index in [1.807, 2.05) is 30.3 Å². The summed E-state index contributed by atoms with van der Waals surface area (Å²) in [6.45, 7) is 0. The van der Waals surface area contributed by atoms with Gasteiger partial charge in [0, 0.05) is 17.7 Å². The zero-order valence-electron chi connectivity index (χ0n) is 16.9. The number of ketones is 1. The van der Waals surface area contributed by atoms with Crippen molar-refractivity contribution in [1.29, 1.82) is 0 Å². The topological polar surface area (TPSA) is 113 Å². The molecular formula is C22H17N5O4S. The Bertz CT molecular complexity index is 1230. The van der Waals surface area contributed by atoms with Crippen LogP contribution in [0.3, 0.4) is 0 Å². The van der Waals surface area contributed by atoms with E-state index in [9.17, 15) is 14.9 Å². The van der Waals surface area contributed by atoms with Crippen molar-refractivity contribution in [3.63, 3.8) is 0 Å². The highest BCUT2D eigenvalue weighted by molar-refractivity contribution is 8.00. The smallest absolute Gasteiger partial charge is 0.269 e. The molecule has 0 unspecified atom stereocenters. The van der Waals surface area contributed by atoms with Gasteiger partial charge in [-0.25, -0.2) is 0 Å². The van der Waals surface area contributed by atoms with Crippen LogP contribution < -0.4 is 4.74 Å². The van der Waals surface area contributed by atoms with E-state index in [1.54, 1.807) is 48.2 Å². The lowest BCUT2D eigenvalue weighted by Gasteiger charge is -2.16. The monoisotopic (exact) mass is 447 g/mol. The molecule has 3 aromatic carbocycles. The molecule has 4 aromatic rings. The lowest BCUT2D eigenvalue weighted by molar-refractivity contribution is -0.384. The standard InChI is InChI=1S/C22H17N5O4S/c1-31-19-13-9-15(10-14-19)20(28)21(16-7-11-18(12-8-16)27(29)30)32-22-23-24-25-26(22)17-5-3-2-4-6-17/h2-14,21H,1H3/t21-/m1/s1. The second-order valence-electron chi connectivity index (χ2n) is 6.65. The quantitative estimate of drug-likeness (QED) is 0.170. The first-order chi connectivity index (χ1) is 15.6. The van der Waals surface area contributed by atoms with E-state index in [1.165, 1.54) is 23.9 Å². The maximum absolute atomic E-state index is 13.5. The number of carbonyl (C=O) groups is 1. The molecule has 0 radical (unpaired) electrons. The third-order valence-electron chi connectivity index (χ3n) is 4.68. The Morgan fingerprint density at radius 1 is 1.03 bits per heavy atom. The van der Waals surface area contributed by atoms with Gasteiger partial charge in [0.25, 0.3) is 5.69 Å². The van der Waals surface area contributed by atoms with Crippen LogP contribution in [0, 0.1) is 10.1 Å². The van der Waals surface area contributed by atoms with Crippen LogP contribution in [0.15, 0.2) is 84.0 Å². The fourth-order valence-electron chi connectivity index (χ4n) is 3.04. The summed E-state index contributed by atoms with van der Waals surface area (Å²) in [4.78, 5) is 24.0. The molecular weight excluding hydrogens is 430 g/mol. The van der Waals surface area contributed by atoms with Crippen molar-refractivity contribution in [1.82, 2.24) is 20.2 Å². The number of ether oxygens (including phenoxy) is 1. The molecule has 0 fully saturated rings. The van der Waals surface area contributed by atoms with E-state index in [-0.39, 0.29) is 11.5 Å². The highest BCUT2D eigenvalue weighted by Crippen LogP contribution is 2.38. The number of thioether (sulfide) groups is 1. The molecule has 0 aliphatic rings. The molecule has 9 nitrogen and oxygen atoms in total. The van der Waals surface area contributed by atoms with Gasteiger partial charge in [-0.05, 0) is 52.4 Å². The lowest BCUT2D eigenvalue weighted by Crippen LogP contribution is -2.11. The van der Waals surface area contributed by atoms with Crippen LogP contribution in [0.1, 0.15) is 21.2 Å². The minimum Gasteiger partial charge on any atom is -0.497 e. The van der Waals surface area contributed by atoms with Crippen LogP contribution in [0.4, 0.5) is 5.69 Å². The molecule has 1 atom stereocenters. The van der Waals surface area contributed by atoms with E-state index in [0.29, 0.717) is 22.0 Å². The summed E-state index contributed by atoms with van der Waals surface area (Å²) in [6.07, 6.45) is 0. The maximum atomic E-state index is 13.5. The van der Waals surface area contributed by atoms with Gasteiger partial charge < -0.3 is 4.74 Å². The summed E-state index contributed by atoms with van der Waals surface area (Å²) in [5, 5.41) is 22.6. The summed E-state index contributed by atoms with van der Waals surface area (Å²) in [6, 6.07) is 22.0. The third-order valence-corrected chi connectivity index (χ3v) is 5.87. The molecule has 10 heteroatoms. The Morgan fingerprint density at radius 2 is 1.72 bits per heavy atom. The van der Waals surface area contributed by atoms with Crippen molar-refractivity contribution < 1.29 is 14.5 Å². The number of nitrogens with zero attached hydrogens (tertiary/aromatic N) is 5. The number of nitro benzene ring substituents is 1. The zero-order chi connectivity index (χ0) is 22.5. The molecule has 0 N–H and O–H groups in total. The number of Topliss-reactive ketones (excluding diaryl/α,β-unsaturated/α-hetero) is 1. The number of tetrazole rings is 1. The van der Waals surface area contributed by atoms with Crippen LogP contribution in [-0.2, 0) is 0 Å². The van der Waals surface area contributed by atoms with Gasteiger partial charge in [-0.2, -0.15) is 4.68 Å². The van der Waals surface area contributed by atoms with Crippen molar-refractivity contribution in [2.45, 2.75) is 10.4 Å². The largest absolute Gasteiger partial charge is 0.497 e. The molecule has 0 aliphatic carbocycles. The molecule has 160 valence electrons. The van der Waals surface area contributed by atoms with Crippen LogP contribution in [0.5, 0.6) is 5.75 Å². The summed E-state index contributed by atoms with van der Waals surface area (Å²) in [7, 11) is 1.55. The van der Waals surface area contributed by atoms with Gasteiger partial charge in [-0.3, -0.25) is 14.9 Å². The Balaban J connectivity index is 1.72. The van der Waals surface area contributed by atoms with Gasteiger partial charge in [0.05, 0.1) is 17.7 Å². The predicted octanol–water partition coefficient (Wildman–Crippen LogP) is 4.30. The molecule has 0 aliphatic heterocycles. The van der Waals surface area contributed by atoms with E-state index in [4.69, 9.17) is 4.74 Å². The van der Waals surface area contributed by atoms with E-state index in [0.717, 1.165) is 5.69 Å². The average Bonchev–Trinajstić information content (AvgIpc) is 3.31. The number of carbonyl (C=O) groups excluding carboxylic acids is 1. The van der Waals surface area contributed by atoms with Crippen molar-refractivity contribution in [2.24, 2.45) is 0 Å². The summed E-state index contributed by atoms with van der Waals surface area (Å²) < 4.78 is 6.72. The molecule has 0 spiro atoms. The normalized spacial score (nSPS) is 11.7. The Morgan fingerprint density at radius 3 is 2.34 bits per heavy atom. The minimum absolute atomic E-state index is 0.0523. The van der Waals surface area contributed by atoms with E-state index < -0.39 is 10.2 Å². The van der Waals surface area contributed by atoms with Crippen molar-refractivity contribution in [2.75, 3.05) is 7.11 Å². The van der Waals surface area contributed by atoms with Gasteiger partial charge in [0.2, 0.25) is 5.16 Å². The molecule has 1 heterocycles. The number of aromatic nitrogens is 4. The number of hydrogen-bond acceptors (Lipinski definition) is 8. The van der Waals surface area contributed by atoms with E-state index >= 15 is 0 Å². The van der Waals surface area contributed by atoms with Gasteiger partial charge in [-0.1, -0.05) is 42.1 Å². The fraction of sp³-hybridized carbons (Fsp3) is 0.0909. The maximum Gasteiger partial charge on any atom is 0.269 e. The molecule has 1 aromatic heterocycles. The van der Waals surface area contributed by atoms with Crippen LogP contribution >= 0.6 is 11.8 Å². The number of para-hydroxylation sites is 1. The Hall–Kier alpha value is -4.05. The van der Waals surface area contributed by atoms with E-state index in [2.05, 4.69) is 15.5 Å². The first kappa shape index (κ1) is 21.2. The first-order valence-corrected chi connectivity index (χ1v) is 10.4. The minimum atomic E-state index is -0.724. The van der Waals surface area contributed by atoms with Crippen LogP contribution in [0.25, 0.3) is 5.69 Å². The number of non-ortho nitro benzene ring substituents is 1. The van der Waals surface area contributed by atoms with Gasteiger partial charge in [0.15, 0.2) is 5.78 Å². The second-order valence-corrected chi connectivity index (χ2v) is 7.72. The van der Waals surface area contributed by atoms with Gasteiger partial charge in [0.1, 0.15) is 11.0 Å². The zero-order valence-corrected chi connectivity index (χ0v) is 17.7. The number of nitro groups is 1. The molecule has 4 rings (SSSR count). The van der Waals surface area contributed by atoms with Gasteiger partial charge >= 0.3 is 0 Å². The fourth-order valence-corrected chi connectivity index (χ4v) is 4.11. The second kappa shape index (κ2) is 9.40. The highest BCUT2D eigenvalue weighted by atomic mass is 32.2. The summed E-state index contributed by atoms with van der Waals surface area (Å²) >= 11 is 1.17. The number of hydrogen-bond donors (Lipinski definition) is 0. The molecule has 32 heavy (non-hydrogen) atoms. The van der Waals surface area contributed by atoms with Crippen molar-refractivity contribution >= 4 is 23.2 Å². The first-order valence-electron chi connectivity index (χ1n) is 9.50. The van der Waals surface area contributed by atoms with Crippen molar-refractivity contribution in [3.8, 4) is 11.4 Å². The number of rotatable bonds is 8. The molecule has 0 saturated carbocycles. The number of benzene rings is 3. The summed E-state index contributed by atoms with van der Waals surface area (Å²) in [5.74, 6) is 0.447. The van der Waals surface area contributed by atoms with Gasteiger partial charge in [-0.15, -0.1) is 5.10 Å².